The van der Waals surface area contributed by atoms with Crippen LogP contribution < -0.4 is 15.6 Å². The van der Waals surface area contributed by atoms with E-state index in [1.54, 1.807) is 68.3 Å². The van der Waals surface area contributed by atoms with Gasteiger partial charge >= 0.3 is 0 Å². The van der Waals surface area contributed by atoms with Crippen molar-refractivity contribution in [1.29, 1.82) is 0 Å². The number of aromatic nitrogens is 2. The zero-order valence-electron chi connectivity index (χ0n) is 15.5. The van der Waals surface area contributed by atoms with Gasteiger partial charge in [0.05, 0.1) is 35.9 Å². The molecule has 27 heavy (non-hydrogen) atoms. The highest BCUT2D eigenvalue weighted by Gasteiger charge is 2.14. The van der Waals surface area contributed by atoms with Crippen LogP contribution in [-0.4, -0.2) is 36.3 Å². The molecular formula is C20H21N3O4. The molecule has 0 unspecified atom stereocenters. The maximum Gasteiger partial charge on any atom is 0.260 e. The van der Waals surface area contributed by atoms with Crippen LogP contribution in [0.15, 0.2) is 47.4 Å². The first-order chi connectivity index (χ1) is 13.0. The lowest BCUT2D eigenvalue weighted by atomic mass is 10.1. The average Bonchev–Trinajstić information content (AvgIpc) is 2.67. The van der Waals surface area contributed by atoms with Crippen molar-refractivity contribution in [1.82, 2.24) is 9.55 Å². The number of methoxy groups -OCH3 is 2. The van der Waals surface area contributed by atoms with Gasteiger partial charge in [-0.2, -0.15) is 0 Å². The number of rotatable bonds is 6. The van der Waals surface area contributed by atoms with Gasteiger partial charge in [-0.3, -0.25) is 14.6 Å². The summed E-state index contributed by atoms with van der Waals surface area (Å²) < 4.78 is 11.7. The van der Waals surface area contributed by atoms with Crippen molar-refractivity contribution in [2.75, 3.05) is 26.1 Å². The number of nitrogens with one attached hydrogen (secondary N) is 1. The van der Waals surface area contributed by atoms with Crippen molar-refractivity contribution in [3.05, 3.63) is 64.2 Å². The number of hydrogen-bond acceptors (Lipinski definition) is 5. The first-order valence-corrected chi connectivity index (χ1v) is 8.48. The van der Waals surface area contributed by atoms with Crippen LogP contribution in [0.25, 0.3) is 10.9 Å². The molecule has 0 spiro atoms. The maximum absolute atomic E-state index is 12.7. The van der Waals surface area contributed by atoms with Gasteiger partial charge in [-0.25, -0.2) is 0 Å². The Bertz CT molecular complexity index is 1030. The van der Waals surface area contributed by atoms with Crippen molar-refractivity contribution < 1.29 is 14.3 Å². The molecule has 3 aromatic rings. The van der Waals surface area contributed by atoms with Crippen LogP contribution in [0.2, 0.25) is 0 Å². The second kappa shape index (κ2) is 8.01. The number of nitrogens with zero attached hydrogens (tertiary/aromatic N) is 2. The molecule has 0 aliphatic carbocycles. The number of carbonyl (C=O) groups excluding carboxylic acids is 1. The van der Waals surface area contributed by atoms with Gasteiger partial charge in [-0.05, 0) is 43.3 Å². The molecule has 0 saturated carbocycles. The van der Waals surface area contributed by atoms with E-state index in [-0.39, 0.29) is 11.5 Å². The zero-order valence-corrected chi connectivity index (χ0v) is 15.5. The molecule has 0 aliphatic heterocycles. The van der Waals surface area contributed by atoms with Gasteiger partial charge in [0.1, 0.15) is 5.75 Å². The highest BCUT2D eigenvalue weighted by molar-refractivity contribution is 6.06. The van der Waals surface area contributed by atoms with E-state index in [2.05, 4.69) is 10.3 Å². The Labute approximate surface area is 156 Å². The molecule has 2 heterocycles. The summed E-state index contributed by atoms with van der Waals surface area (Å²) in [6.07, 6.45) is 1.69. The van der Waals surface area contributed by atoms with Crippen molar-refractivity contribution in [2.24, 2.45) is 0 Å². The van der Waals surface area contributed by atoms with Crippen molar-refractivity contribution in [3.8, 4) is 5.75 Å². The van der Waals surface area contributed by atoms with Gasteiger partial charge in [-0.1, -0.05) is 0 Å². The lowest BCUT2D eigenvalue weighted by Gasteiger charge is -2.11. The summed E-state index contributed by atoms with van der Waals surface area (Å²) in [6.45, 7) is 2.61. The Kier molecular flexibility index (Phi) is 5.52. The lowest BCUT2D eigenvalue weighted by Crippen LogP contribution is -2.23. The zero-order chi connectivity index (χ0) is 19.4. The fourth-order valence-electron chi connectivity index (χ4n) is 2.77. The normalized spacial score (nSPS) is 10.8. The van der Waals surface area contributed by atoms with E-state index in [1.807, 2.05) is 0 Å². The molecule has 1 amide bonds. The van der Waals surface area contributed by atoms with Crippen LogP contribution >= 0.6 is 0 Å². The quantitative estimate of drug-likeness (QED) is 0.724. The number of pyridine rings is 2. The van der Waals surface area contributed by atoms with Crippen LogP contribution in [0.1, 0.15) is 16.1 Å². The number of benzene rings is 1. The van der Waals surface area contributed by atoms with Gasteiger partial charge in [0.15, 0.2) is 0 Å². The summed E-state index contributed by atoms with van der Waals surface area (Å²) in [7, 11) is 3.16. The molecule has 1 N–H and O–H groups in total. The third-order valence-electron chi connectivity index (χ3n) is 4.28. The predicted octanol–water partition coefficient (Wildman–Crippen LogP) is 2.61. The summed E-state index contributed by atoms with van der Waals surface area (Å²) in [5, 5.41) is 3.22. The molecule has 7 nitrogen and oxygen atoms in total. The number of fused-ring (bicyclic) bond motifs is 1. The van der Waals surface area contributed by atoms with Crippen molar-refractivity contribution >= 4 is 22.5 Å². The van der Waals surface area contributed by atoms with E-state index < -0.39 is 0 Å². The summed E-state index contributed by atoms with van der Waals surface area (Å²) >= 11 is 0. The SMILES string of the molecule is COCCn1ccc2nc(C)c(C(=O)Nc3ccc(OC)cc3)cc2c1=O. The molecule has 0 saturated heterocycles. The molecule has 3 rings (SSSR count). The minimum atomic E-state index is -0.321. The number of ether oxygens (including phenoxy) is 2. The van der Waals surface area contributed by atoms with Crippen molar-refractivity contribution in [2.45, 2.75) is 13.5 Å². The van der Waals surface area contributed by atoms with Gasteiger partial charge in [0.2, 0.25) is 0 Å². The van der Waals surface area contributed by atoms with Crippen LogP contribution in [0.5, 0.6) is 5.75 Å². The second-order valence-electron chi connectivity index (χ2n) is 6.04. The Hall–Kier alpha value is -3.19. The van der Waals surface area contributed by atoms with Crippen LogP contribution in [0.3, 0.4) is 0 Å². The third kappa shape index (κ3) is 3.98. The summed E-state index contributed by atoms with van der Waals surface area (Å²) in [5.41, 5.74) is 1.91. The molecule has 0 radical (unpaired) electrons. The number of amides is 1. The molecule has 0 atom stereocenters. The van der Waals surface area contributed by atoms with Gasteiger partial charge in [-0.15, -0.1) is 0 Å². The Morgan fingerprint density at radius 2 is 1.93 bits per heavy atom. The highest BCUT2D eigenvalue weighted by Crippen LogP contribution is 2.18. The van der Waals surface area contributed by atoms with E-state index in [9.17, 15) is 9.59 Å². The van der Waals surface area contributed by atoms with Crippen LogP contribution in [0.4, 0.5) is 5.69 Å². The van der Waals surface area contributed by atoms with Gasteiger partial charge in [0, 0.05) is 25.5 Å². The molecule has 0 bridgehead atoms. The standard InChI is InChI=1S/C20H21N3O4/c1-13-16(19(24)22-14-4-6-15(27-3)7-5-14)12-17-18(21-13)8-9-23(20(17)25)10-11-26-2/h4-9,12H,10-11H2,1-3H3,(H,22,24). The highest BCUT2D eigenvalue weighted by atomic mass is 16.5. The Morgan fingerprint density at radius 1 is 1.19 bits per heavy atom. The molecule has 1 aromatic carbocycles. The summed E-state index contributed by atoms with van der Waals surface area (Å²) in [6, 6.07) is 10.4. The first-order valence-electron chi connectivity index (χ1n) is 8.48. The number of carbonyl (C=O) groups is 1. The topological polar surface area (TPSA) is 82.5 Å². The number of hydrogen-bond donors (Lipinski definition) is 1. The molecule has 7 heteroatoms. The monoisotopic (exact) mass is 367 g/mol. The van der Waals surface area contributed by atoms with E-state index in [0.717, 1.165) is 0 Å². The fourth-order valence-corrected chi connectivity index (χ4v) is 2.77. The van der Waals surface area contributed by atoms with Crippen LogP contribution in [0, 0.1) is 6.92 Å². The maximum atomic E-state index is 12.7. The Balaban J connectivity index is 1.94. The Morgan fingerprint density at radius 3 is 2.59 bits per heavy atom. The number of anilines is 1. The minimum Gasteiger partial charge on any atom is -0.497 e. The molecule has 0 fully saturated rings. The largest absolute Gasteiger partial charge is 0.497 e. The van der Waals surface area contributed by atoms with E-state index >= 15 is 0 Å². The van der Waals surface area contributed by atoms with E-state index in [1.165, 1.54) is 0 Å². The van der Waals surface area contributed by atoms with E-state index in [0.29, 0.717) is 46.7 Å². The predicted molar refractivity (Wildman–Crippen MR) is 104 cm³/mol. The minimum absolute atomic E-state index is 0.199. The first kappa shape index (κ1) is 18.6. The van der Waals surface area contributed by atoms with Crippen molar-refractivity contribution in [3.63, 3.8) is 0 Å². The third-order valence-corrected chi connectivity index (χ3v) is 4.28. The van der Waals surface area contributed by atoms with Gasteiger partial charge in [0.25, 0.3) is 11.5 Å². The average molecular weight is 367 g/mol. The fraction of sp³-hybridized carbons (Fsp3) is 0.250. The van der Waals surface area contributed by atoms with Gasteiger partial charge < -0.3 is 19.4 Å². The lowest BCUT2D eigenvalue weighted by molar-refractivity contribution is 0.102. The smallest absolute Gasteiger partial charge is 0.260 e. The summed E-state index contributed by atoms with van der Waals surface area (Å²) in [5.74, 6) is 0.381. The molecular weight excluding hydrogens is 346 g/mol. The number of aryl methyl sites for hydroxylation is 1. The molecule has 0 aliphatic rings. The molecule has 140 valence electrons. The van der Waals surface area contributed by atoms with Crippen LogP contribution in [-0.2, 0) is 11.3 Å². The second-order valence-corrected chi connectivity index (χ2v) is 6.04. The summed E-state index contributed by atoms with van der Waals surface area (Å²) in [4.78, 5) is 29.8. The molecule has 2 aromatic heterocycles. The van der Waals surface area contributed by atoms with E-state index in [4.69, 9.17) is 9.47 Å².